The van der Waals surface area contributed by atoms with Crippen LogP contribution in [0.5, 0.6) is 0 Å². The molecule has 0 amide bonds. The van der Waals surface area contributed by atoms with E-state index in [0.717, 1.165) is 29.8 Å². The molecule has 0 atom stereocenters. The first-order valence-electron chi connectivity index (χ1n) is 10.3. The zero-order valence-corrected chi connectivity index (χ0v) is 17.8. The van der Waals surface area contributed by atoms with Crippen molar-refractivity contribution in [2.75, 3.05) is 0 Å². The summed E-state index contributed by atoms with van der Waals surface area (Å²) < 4.78 is 7.69. The molecule has 0 aliphatic heterocycles. The van der Waals surface area contributed by atoms with E-state index < -0.39 is 5.60 Å². The van der Waals surface area contributed by atoms with E-state index in [0.29, 0.717) is 5.56 Å². The number of nitrogens with zero attached hydrogens (tertiary/aromatic N) is 2. The zero-order chi connectivity index (χ0) is 20.9. The Labute approximate surface area is 173 Å². The van der Waals surface area contributed by atoms with E-state index in [9.17, 15) is 4.79 Å². The maximum atomic E-state index is 12.6. The van der Waals surface area contributed by atoms with Gasteiger partial charge in [-0.05, 0) is 56.4 Å². The van der Waals surface area contributed by atoms with Gasteiger partial charge in [-0.1, -0.05) is 55.8 Å². The summed E-state index contributed by atoms with van der Waals surface area (Å²) in [6, 6.07) is 15.9. The van der Waals surface area contributed by atoms with Gasteiger partial charge in [-0.25, -0.2) is 9.78 Å². The highest BCUT2D eigenvalue weighted by molar-refractivity contribution is 5.97. The highest BCUT2D eigenvalue weighted by Gasteiger charge is 2.20. The molecule has 0 spiro atoms. The maximum absolute atomic E-state index is 12.6. The van der Waals surface area contributed by atoms with Crippen LogP contribution in [-0.2, 0) is 17.7 Å². The van der Waals surface area contributed by atoms with Gasteiger partial charge in [0.2, 0.25) is 0 Å². The number of hydrogen-bond donors (Lipinski definition) is 0. The average Bonchev–Trinajstić information content (AvgIpc) is 3.13. The third kappa shape index (κ3) is 5.80. The van der Waals surface area contributed by atoms with E-state index in [4.69, 9.17) is 4.74 Å². The minimum absolute atomic E-state index is 0.296. The summed E-state index contributed by atoms with van der Waals surface area (Å²) in [6.45, 7) is 8.62. The van der Waals surface area contributed by atoms with Crippen LogP contribution in [0.1, 0.15) is 62.2 Å². The number of rotatable bonds is 7. The molecule has 0 bridgehead atoms. The third-order valence-corrected chi connectivity index (χ3v) is 4.65. The number of aromatic nitrogens is 2. The second kappa shape index (κ2) is 9.08. The Hall–Kier alpha value is -2.88. The second-order valence-electron chi connectivity index (χ2n) is 8.39. The highest BCUT2D eigenvalue weighted by atomic mass is 16.6. The Morgan fingerprint density at radius 3 is 2.48 bits per heavy atom. The quantitative estimate of drug-likeness (QED) is 0.472. The fraction of sp³-hybridized carbons (Fsp3) is 0.360. The van der Waals surface area contributed by atoms with E-state index in [1.807, 2.05) is 51.4 Å². The lowest BCUT2D eigenvalue weighted by Gasteiger charge is -2.20. The Morgan fingerprint density at radius 2 is 1.79 bits per heavy atom. The van der Waals surface area contributed by atoms with Gasteiger partial charge in [-0.2, -0.15) is 0 Å². The molecule has 152 valence electrons. The predicted octanol–water partition coefficient (Wildman–Crippen LogP) is 5.90. The lowest BCUT2D eigenvalue weighted by molar-refractivity contribution is 0.00704. The molecule has 3 rings (SSSR count). The van der Waals surface area contributed by atoms with Crippen LogP contribution in [0.3, 0.4) is 0 Å². The van der Waals surface area contributed by atoms with Gasteiger partial charge in [0.15, 0.2) is 0 Å². The number of benzene rings is 2. The molecule has 1 heterocycles. The summed E-state index contributed by atoms with van der Waals surface area (Å²) in [5.41, 5.74) is 4.31. The zero-order valence-electron chi connectivity index (χ0n) is 17.8. The molecule has 0 aliphatic carbocycles. The number of unbranched alkanes of at least 4 members (excludes halogenated alkanes) is 1. The van der Waals surface area contributed by atoms with Gasteiger partial charge < -0.3 is 9.30 Å². The monoisotopic (exact) mass is 390 g/mol. The van der Waals surface area contributed by atoms with Crippen molar-refractivity contribution in [2.24, 2.45) is 0 Å². The van der Waals surface area contributed by atoms with Crippen LogP contribution in [0.15, 0.2) is 61.1 Å². The maximum Gasteiger partial charge on any atom is 0.339 e. The van der Waals surface area contributed by atoms with Crippen molar-refractivity contribution in [1.82, 2.24) is 9.55 Å². The molecule has 29 heavy (non-hydrogen) atoms. The van der Waals surface area contributed by atoms with Gasteiger partial charge in [0, 0.05) is 12.7 Å². The van der Waals surface area contributed by atoms with Crippen LogP contribution in [0, 0.1) is 0 Å². The van der Waals surface area contributed by atoms with Gasteiger partial charge in [-0.3, -0.25) is 0 Å². The van der Waals surface area contributed by atoms with Crippen LogP contribution < -0.4 is 0 Å². The number of imidazole rings is 1. The molecule has 0 radical (unpaired) electrons. The van der Waals surface area contributed by atoms with Crippen LogP contribution >= 0.6 is 0 Å². The van der Waals surface area contributed by atoms with E-state index >= 15 is 0 Å². The molecule has 0 fully saturated rings. The Bertz CT molecular complexity index is 949. The van der Waals surface area contributed by atoms with Crippen molar-refractivity contribution in [2.45, 2.75) is 59.1 Å². The minimum Gasteiger partial charge on any atom is -0.456 e. The number of carbonyl (C=O) groups is 1. The summed E-state index contributed by atoms with van der Waals surface area (Å²) in [5, 5.41) is 0. The van der Waals surface area contributed by atoms with Crippen LogP contribution in [-0.4, -0.2) is 21.1 Å². The van der Waals surface area contributed by atoms with Gasteiger partial charge in [0.1, 0.15) is 5.60 Å². The molecular formula is C25H30N2O2. The standard InChI is InChI=1S/C25H30N2O2/c1-5-6-9-21-17-27(18-26-21)16-19-12-14-20(15-13-19)22-10-7-8-11-23(22)24(28)29-25(2,3)4/h7-8,10-15,17-18H,5-6,9,16H2,1-4H3. The van der Waals surface area contributed by atoms with Crippen molar-refractivity contribution in [3.05, 3.63) is 77.9 Å². The first-order chi connectivity index (χ1) is 13.9. The molecule has 2 aromatic carbocycles. The number of ether oxygens (including phenoxy) is 1. The SMILES string of the molecule is CCCCc1cn(Cc2ccc(-c3ccccc3C(=O)OC(C)(C)C)cc2)cn1. The summed E-state index contributed by atoms with van der Waals surface area (Å²) >= 11 is 0. The average molecular weight is 391 g/mol. The van der Waals surface area contributed by atoms with Crippen LogP contribution in [0.25, 0.3) is 11.1 Å². The van der Waals surface area contributed by atoms with E-state index in [1.165, 1.54) is 18.4 Å². The third-order valence-electron chi connectivity index (χ3n) is 4.65. The van der Waals surface area contributed by atoms with Gasteiger partial charge in [-0.15, -0.1) is 0 Å². The molecule has 0 N–H and O–H groups in total. The molecule has 3 aromatic rings. The molecule has 0 saturated heterocycles. The molecule has 0 unspecified atom stereocenters. The van der Waals surface area contributed by atoms with Gasteiger partial charge >= 0.3 is 5.97 Å². The van der Waals surface area contributed by atoms with Crippen LogP contribution in [0.2, 0.25) is 0 Å². The highest BCUT2D eigenvalue weighted by Crippen LogP contribution is 2.26. The Kier molecular flexibility index (Phi) is 6.53. The van der Waals surface area contributed by atoms with Gasteiger partial charge in [0.05, 0.1) is 17.6 Å². The first kappa shape index (κ1) is 20.8. The number of aryl methyl sites for hydroxylation is 1. The van der Waals surface area contributed by atoms with Crippen molar-refractivity contribution in [3.63, 3.8) is 0 Å². The normalized spacial score (nSPS) is 11.4. The summed E-state index contributed by atoms with van der Waals surface area (Å²) in [4.78, 5) is 17.1. The van der Waals surface area contributed by atoms with Gasteiger partial charge in [0.25, 0.3) is 0 Å². The molecule has 4 nitrogen and oxygen atoms in total. The largest absolute Gasteiger partial charge is 0.456 e. The molecule has 1 aromatic heterocycles. The van der Waals surface area contributed by atoms with E-state index in [2.05, 4.69) is 46.9 Å². The topological polar surface area (TPSA) is 44.1 Å². The molecule has 0 aliphatic rings. The smallest absolute Gasteiger partial charge is 0.339 e. The lowest BCUT2D eigenvalue weighted by atomic mass is 9.98. The van der Waals surface area contributed by atoms with E-state index in [-0.39, 0.29) is 5.97 Å². The fourth-order valence-electron chi connectivity index (χ4n) is 3.23. The molecular weight excluding hydrogens is 360 g/mol. The number of hydrogen-bond acceptors (Lipinski definition) is 3. The summed E-state index contributed by atoms with van der Waals surface area (Å²) in [6.07, 6.45) is 7.41. The second-order valence-corrected chi connectivity index (χ2v) is 8.39. The number of esters is 1. The fourth-order valence-corrected chi connectivity index (χ4v) is 3.23. The van der Waals surface area contributed by atoms with E-state index in [1.54, 1.807) is 0 Å². The lowest BCUT2D eigenvalue weighted by Crippen LogP contribution is -2.24. The summed E-state index contributed by atoms with van der Waals surface area (Å²) in [5.74, 6) is -0.296. The first-order valence-corrected chi connectivity index (χ1v) is 10.3. The van der Waals surface area contributed by atoms with Crippen molar-refractivity contribution in [1.29, 1.82) is 0 Å². The van der Waals surface area contributed by atoms with Crippen LogP contribution in [0.4, 0.5) is 0 Å². The molecule has 4 heteroatoms. The molecule has 0 saturated carbocycles. The number of carbonyl (C=O) groups excluding carboxylic acids is 1. The Morgan fingerprint density at radius 1 is 1.07 bits per heavy atom. The van der Waals surface area contributed by atoms with Crippen molar-refractivity contribution >= 4 is 5.97 Å². The minimum atomic E-state index is -0.519. The van der Waals surface area contributed by atoms with Crippen molar-refractivity contribution < 1.29 is 9.53 Å². The Balaban J connectivity index is 1.75. The summed E-state index contributed by atoms with van der Waals surface area (Å²) in [7, 11) is 0. The predicted molar refractivity (Wildman–Crippen MR) is 117 cm³/mol. The van der Waals surface area contributed by atoms with Crippen molar-refractivity contribution in [3.8, 4) is 11.1 Å².